The number of nitrogens with zero attached hydrogens (tertiary/aromatic N) is 3. The summed E-state index contributed by atoms with van der Waals surface area (Å²) in [6.45, 7) is 1.97. The Hall–Kier alpha value is -2.97. The van der Waals surface area contributed by atoms with Gasteiger partial charge in [-0.1, -0.05) is 44.6 Å². The first-order valence-corrected chi connectivity index (χ1v) is 12.4. The first-order chi connectivity index (χ1) is 16.5. The van der Waals surface area contributed by atoms with Gasteiger partial charge in [0.1, 0.15) is 11.4 Å². The maximum absolute atomic E-state index is 12.4. The van der Waals surface area contributed by atoms with E-state index in [0.29, 0.717) is 26.2 Å². The predicted molar refractivity (Wildman–Crippen MR) is 124 cm³/mol. The van der Waals surface area contributed by atoms with Gasteiger partial charge in [0.2, 0.25) is 0 Å². The van der Waals surface area contributed by atoms with Gasteiger partial charge in [0.25, 0.3) is 11.8 Å². The topological polar surface area (TPSA) is 106 Å². The van der Waals surface area contributed by atoms with Crippen molar-refractivity contribution in [1.29, 1.82) is 0 Å². The summed E-state index contributed by atoms with van der Waals surface area (Å²) < 4.78 is 10.3. The van der Waals surface area contributed by atoms with E-state index in [0.717, 1.165) is 51.4 Å². The van der Waals surface area contributed by atoms with Crippen LogP contribution in [-0.2, 0) is 19.1 Å². The fourth-order valence-corrected chi connectivity index (χ4v) is 4.24. The van der Waals surface area contributed by atoms with Crippen LogP contribution in [0.3, 0.4) is 0 Å². The number of rotatable bonds is 6. The van der Waals surface area contributed by atoms with Crippen molar-refractivity contribution in [2.75, 3.05) is 39.4 Å². The summed E-state index contributed by atoms with van der Waals surface area (Å²) in [5.74, 6) is -2.03. The van der Waals surface area contributed by atoms with E-state index in [4.69, 9.17) is 9.47 Å². The van der Waals surface area contributed by atoms with Crippen molar-refractivity contribution in [3.05, 3.63) is 29.6 Å². The van der Waals surface area contributed by atoms with E-state index in [1.54, 1.807) is 9.80 Å². The summed E-state index contributed by atoms with van der Waals surface area (Å²) in [7, 11) is 0. The lowest BCUT2D eigenvalue weighted by Crippen LogP contribution is -2.37. The van der Waals surface area contributed by atoms with E-state index in [2.05, 4.69) is 4.98 Å². The lowest BCUT2D eigenvalue weighted by Gasteiger charge is -2.24. The fourth-order valence-electron chi connectivity index (χ4n) is 4.24. The average molecular weight is 474 g/mol. The highest BCUT2D eigenvalue weighted by Gasteiger charge is 2.21. The van der Waals surface area contributed by atoms with Crippen LogP contribution in [0.4, 0.5) is 0 Å². The van der Waals surface area contributed by atoms with Crippen LogP contribution in [-0.4, -0.2) is 77.9 Å². The largest absolute Gasteiger partial charge is 0.451 e. The van der Waals surface area contributed by atoms with Crippen molar-refractivity contribution >= 4 is 23.8 Å². The van der Waals surface area contributed by atoms with E-state index in [1.807, 2.05) is 0 Å². The smallest absolute Gasteiger partial charge is 0.357 e. The summed E-state index contributed by atoms with van der Waals surface area (Å²) in [5, 5.41) is 0. The molecule has 0 atom stereocenters. The molecule has 2 saturated heterocycles. The molecule has 2 amide bonds. The quantitative estimate of drug-likeness (QED) is 0.585. The highest BCUT2D eigenvalue weighted by molar-refractivity contribution is 5.93. The van der Waals surface area contributed by atoms with Crippen molar-refractivity contribution in [3.63, 3.8) is 0 Å². The Labute approximate surface area is 200 Å². The number of esters is 2. The molecule has 9 heteroatoms. The van der Waals surface area contributed by atoms with Crippen molar-refractivity contribution < 1.29 is 28.7 Å². The van der Waals surface area contributed by atoms with Gasteiger partial charge in [0, 0.05) is 26.2 Å². The normalized spacial score (nSPS) is 17.5. The molecule has 0 aliphatic carbocycles. The van der Waals surface area contributed by atoms with Crippen molar-refractivity contribution in [3.8, 4) is 0 Å². The Balaban J connectivity index is 1.47. The molecule has 0 spiro atoms. The third-order valence-electron chi connectivity index (χ3n) is 6.24. The first kappa shape index (κ1) is 25.6. The molecule has 3 heterocycles. The van der Waals surface area contributed by atoms with Crippen LogP contribution < -0.4 is 0 Å². The number of hydrogen-bond donors (Lipinski definition) is 0. The van der Waals surface area contributed by atoms with Gasteiger partial charge >= 0.3 is 11.9 Å². The molecular weight excluding hydrogens is 438 g/mol. The van der Waals surface area contributed by atoms with Gasteiger partial charge < -0.3 is 19.3 Å². The van der Waals surface area contributed by atoms with E-state index >= 15 is 0 Å². The summed E-state index contributed by atoms with van der Waals surface area (Å²) >= 11 is 0. The molecular formula is C25H35N3O6. The zero-order valence-corrected chi connectivity index (χ0v) is 19.8. The van der Waals surface area contributed by atoms with Crippen molar-refractivity contribution in [2.24, 2.45) is 0 Å². The van der Waals surface area contributed by atoms with E-state index in [-0.39, 0.29) is 36.4 Å². The minimum absolute atomic E-state index is 0.0926. The molecule has 2 fully saturated rings. The van der Waals surface area contributed by atoms with Crippen molar-refractivity contribution in [1.82, 2.24) is 14.8 Å². The van der Waals surface area contributed by atoms with Gasteiger partial charge in [0.05, 0.1) is 0 Å². The summed E-state index contributed by atoms with van der Waals surface area (Å²) in [4.78, 5) is 57.1. The van der Waals surface area contributed by atoms with Crippen LogP contribution in [0.25, 0.3) is 0 Å². The predicted octanol–water partition coefficient (Wildman–Crippen LogP) is 2.98. The minimum Gasteiger partial charge on any atom is -0.451 e. The molecule has 0 N–H and O–H groups in total. The summed E-state index contributed by atoms with van der Waals surface area (Å²) in [5.41, 5.74) is -0.185. The van der Waals surface area contributed by atoms with Crippen LogP contribution >= 0.6 is 0 Å². The Morgan fingerprint density at radius 2 is 0.971 bits per heavy atom. The monoisotopic (exact) mass is 473 g/mol. The third kappa shape index (κ3) is 8.11. The lowest BCUT2D eigenvalue weighted by molar-refractivity contribution is -0.135. The Morgan fingerprint density at radius 1 is 0.618 bits per heavy atom. The number of carbonyl (C=O) groups excluding carboxylic acids is 4. The standard InChI is InChI=1S/C25H35N3O6/c29-22(27-14-7-3-1-4-8-15-27)18-33-24(31)20-12-11-13-21(26-20)25(32)34-19-23(30)28-16-9-5-2-6-10-17-28/h11-13H,1-10,14-19H2. The second-order valence-corrected chi connectivity index (χ2v) is 8.86. The number of ether oxygens (including phenoxy) is 2. The molecule has 0 saturated carbocycles. The third-order valence-corrected chi connectivity index (χ3v) is 6.24. The SMILES string of the molecule is O=C(OCC(=O)N1CCCCCCC1)c1cccc(C(=O)OCC(=O)N2CCCCCCC2)n1. The van der Waals surface area contributed by atoms with Gasteiger partial charge in [-0.05, 0) is 37.8 Å². The lowest BCUT2D eigenvalue weighted by atomic mass is 10.1. The molecule has 2 aliphatic rings. The van der Waals surface area contributed by atoms with Crippen LogP contribution in [0.15, 0.2) is 18.2 Å². The highest BCUT2D eigenvalue weighted by atomic mass is 16.5. The highest BCUT2D eigenvalue weighted by Crippen LogP contribution is 2.12. The molecule has 0 unspecified atom stereocenters. The number of pyridine rings is 1. The van der Waals surface area contributed by atoms with Crippen LogP contribution in [0.2, 0.25) is 0 Å². The summed E-state index contributed by atoms with van der Waals surface area (Å²) in [6.07, 6.45) is 10.6. The maximum atomic E-state index is 12.4. The Kier molecular flexibility index (Phi) is 10.3. The number of amides is 2. The van der Waals surface area contributed by atoms with E-state index in [1.165, 1.54) is 31.0 Å². The Morgan fingerprint density at radius 3 is 1.35 bits per heavy atom. The second kappa shape index (κ2) is 13.7. The zero-order valence-electron chi connectivity index (χ0n) is 19.8. The molecule has 3 rings (SSSR count). The number of aromatic nitrogens is 1. The number of carbonyl (C=O) groups is 4. The molecule has 9 nitrogen and oxygen atoms in total. The number of hydrogen-bond acceptors (Lipinski definition) is 7. The molecule has 1 aromatic heterocycles. The fraction of sp³-hybridized carbons (Fsp3) is 0.640. The van der Waals surface area contributed by atoms with Gasteiger partial charge in [-0.25, -0.2) is 14.6 Å². The molecule has 2 aliphatic heterocycles. The molecule has 1 aromatic rings. The van der Waals surface area contributed by atoms with Gasteiger partial charge in [-0.2, -0.15) is 0 Å². The van der Waals surface area contributed by atoms with E-state index in [9.17, 15) is 19.2 Å². The molecule has 0 bridgehead atoms. The first-order valence-electron chi connectivity index (χ1n) is 12.4. The van der Waals surface area contributed by atoms with Crippen molar-refractivity contribution in [2.45, 2.75) is 64.2 Å². The van der Waals surface area contributed by atoms with Crippen LogP contribution in [0, 0.1) is 0 Å². The molecule has 34 heavy (non-hydrogen) atoms. The molecule has 0 radical (unpaired) electrons. The average Bonchev–Trinajstić information content (AvgIpc) is 2.80. The van der Waals surface area contributed by atoms with Gasteiger partial charge in [0.15, 0.2) is 13.2 Å². The zero-order chi connectivity index (χ0) is 24.2. The number of likely N-dealkylation sites (tertiary alicyclic amines) is 2. The minimum atomic E-state index is -0.785. The van der Waals surface area contributed by atoms with Crippen LogP contribution in [0.5, 0.6) is 0 Å². The second-order valence-electron chi connectivity index (χ2n) is 8.86. The molecule has 0 aromatic carbocycles. The van der Waals surface area contributed by atoms with Crippen LogP contribution in [0.1, 0.15) is 85.2 Å². The maximum Gasteiger partial charge on any atom is 0.357 e. The summed E-state index contributed by atoms with van der Waals surface area (Å²) in [6, 6.07) is 4.30. The Bertz CT molecular complexity index is 778. The van der Waals surface area contributed by atoms with E-state index < -0.39 is 11.9 Å². The van der Waals surface area contributed by atoms with Gasteiger partial charge in [-0.3, -0.25) is 9.59 Å². The van der Waals surface area contributed by atoms with Gasteiger partial charge in [-0.15, -0.1) is 0 Å². The molecule has 186 valence electrons.